The van der Waals surface area contributed by atoms with Crippen molar-refractivity contribution in [3.05, 3.63) is 49.3 Å². The highest BCUT2D eigenvalue weighted by atomic mass is 31.1. The maximum Gasteiger partial charge on any atom is 0.229 e. The van der Waals surface area contributed by atoms with Crippen LogP contribution in [0.2, 0.25) is 0 Å². The van der Waals surface area contributed by atoms with Gasteiger partial charge in [-0.2, -0.15) is 0 Å². The van der Waals surface area contributed by atoms with Gasteiger partial charge in [-0.1, -0.05) is 31.4 Å². The molecular formula is C17H27O5P. The fourth-order valence-electron chi connectivity index (χ4n) is 2.16. The van der Waals surface area contributed by atoms with Crippen LogP contribution in [0.3, 0.4) is 0 Å². The third kappa shape index (κ3) is 6.21. The highest BCUT2D eigenvalue weighted by molar-refractivity contribution is 7.55. The molecule has 0 bridgehead atoms. The van der Waals surface area contributed by atoms with Crippen LogP contribution in [-0.4, -0.2) is 65.5 Å². The lowest BCUT2D eigenvalue weighted by Gasteiger charge is -2.40. The Balaban J connectivity index is 2.78. The summed E-state index contributed by atoms with van der Waals surface area (Å²) in [5.41, 5.74) is 0. The number of ether oxygens (including phenoxy) is 2. The zero-order valence-electron chi connectivity index (χ0n) is 13.7. The van der Waals surface area contributed by atoms with Crippen LogP contribution in [0.4, 0.5) is 0 Å². The smallest absolute Gasteiger partial charge is 0.229 e. The Morgan fingerprint density at radius 3 is 2.39 bits per heavy atom. The first-order valence-corrected chi connectivity index (χ1v) is 9.95. The topological polar surface area (TPSA) is 79.2 Å². The fourth-order valence-corrected chi connectivity index (χ4v) is 2.93. The van der Waals surface area contributed by atoms with Crippen LogP contribution in [-0.2, 0) is 9.47 Å². The summed E-state index contributed by atoms with van der Waals surface area (Å²) in [6.07, 6.45) is 4.28. The summed E-state index contributed by atoms with van der Waals surface area (Å²) in [4.78, 5) is 0. The second kappa shape index (κ2) is 10.0. The largest absolute Gasteiger partial charge is 0.462 e. The molecule has 130 valence electrons. The average Bonchev–Trinajstić information content (AvgIpc) is 2.52. The van der Waals surface area contributed by atoms with Crippen LogP contribution in [0, 0.1) is 0 Å². The maximum absolute atomic E-state index is 10.1. The number of aliphatic hydroxyl groups is 3. The van der Waals surface area contributed by atoms with Crippen LogP contribution < -0.4 is 0 Å². The zero-order chi connectivity index (χ0) is 17.4. The predicted molar refractivity (Wildman–Crippen MR) is 93.6 cm³/mol. The van der Waals surface area contributed by atoms with Gasteiger partial charge in [-0.25, -0.2) is 0 Å². The Hall–Kier alpha value is -0.970. The first-order chi connectivity index (χ1) is 10.9. The van der Waals surface area contributed by atoms with Crippen LogP contribution in [0.15, 0.2) is 49.3 Å². The van der Waals surface area contributed by atoms with Crippen LogP contribution in [0.1, 0.15) is 6.42 Å². The van der Waals surface area contributed by atoms with Crippen LogP contribution in [0.5, 0.6) is 0 Å². The minimum absolute atomic E-state index is 0.136. The monoisotopic (exact) mass is 342 g/mol. The molecule has 0 amide bonds. The lowest BCUT2D eigenvalue weighted by atomic mass is 9.97. The summed E-state index contributed by atoms with van der Waals surface area (Å²) in [6, 6.07) is 0. The van der Waals surface area contributed by atoms with Gasteiger partial charge in [-0.05, 0) is 38.1 Å². The molecule has 0 radical (unpaired) electrons. The van der Waals surface area contributed by atoms with Crippen molar-refractivity contribution in [3.63, 3.8) is 0 Å². The van der Waals surface area contributed by atoms with Gasteiger partial charge in [0.1, 0.15) is 24.1 Å². The molecular weight excluding hydrogens is 315 g/mol. The number of allylic oxidation sites excluding steroid dienone is 5. The Kier molecular flexibility index (Phi) is 8.74. The number of hydrogen-bond donors (Lipinski definition) is 3. The highest BCUT2D eigenvalue weighted by Gasteiger charge is 2.44. The second-order valence-electron chi connectivity index (χ2n) is 5.62. The first kappa shape index (κ1) is 20.1. The minimum Gasteiger partial charge on any atom is -0.462 e. The standard InChI is InChI=1S/C17H27O5P/c1-5-7-8-9-12(6-2)21-17-16(20)15(19)14(18)13(22-17)10-11-23(3)4/h5-9,13-20H,1-2,10-11H2,3-4H3/b8-7-,12-9+/t13?,14-,15?,16?,17+/m1/s1. The van der Waals surface area contributed by atoms with E-state index >= 15 is 0 Å². The van der Waals surface area contributed by atoms with Crippen molar-refractivity contribution < 1.29 is 24.8 Å². The predicted octanol–water partition coefficient (Wildman–Crippen LogP) is 1.75. The molecule has 1 fully saturated rings. The van der Waals surface area contributed by atoms with Gasteiger partial charge in [0, 0.05) is 0 Å². The van der Waals surface area contributed by atoms with E-state index in [4.69, 9.17) is 9.47 Å². The highest BCUT2D eigenvalue weighted by Crippen LogP contribution is 2.31. The van der Waals surface area contributed by atoms with E-state index in [2.05, 4.69) is 26.5 Å². The van der Waals surface area contributed by atoms with Crippen LogP contribution >= 0.6 is 7.92 Å². The van der Waals surface area contributed by atoms with E-state index in [0.29, 0.717) is 12.2 Å². The van der Waals surface area contributed by atoms with Crippen molar-refractivity contribution in [1.29, 1.82) is 0 Å². The van der Waals surface area contributed by atoms with Gasteiger partial charge in [0.15, 0.2) is 0 Å². The molecule has 3 unspecified atom stereocenters. The first-order valence-electron chi connectivity index (χ1n) is 7.53. The number of aliphatic hydroxyl groups excluding tert-OH is 3. The molecule has 0 aliphatic carbocycles. The molecule has 1 saturated heterocycles. The van der Waals surface area contributed by atoms with Gasteiger partial charge in [0.05, 0.1) is 6.10 Å². The molecule has 23 heavy (non-hydrogen) atoms. The van der Waals surface area contributed by atoms with E-state index in [0.717, 1.165) is 6.16 Å². The lowest BCUT2D eigenvalue weighted by Crippen LogP contribution is -2.58. The number of rotatable bonds is 8. The normalized spacial score (nSPS) is 32.3. The molecule has 1 heterocycles. The van der Waals surface area contributed by atoms with Crippen molar-refractivity contribution in [2.24, 2.45) is 0 Å². The minimum atomic E-state index is -1.34. The quantitative estimate of drug-likeness (QED) is 0.356. The molecule has 1 aliphatic heterocycles. The molecule has 0 saturated carbocycles. The SMILES string of the molecule is C=C/C=C\C=C(/C=C)O[C@H]1OC(CCP(C)C)[C@@H](O)C(O)C1O. The van der Waals surface area contributed by atoms with Crippen LogP contribution in [0.25, 0.3) is 0 Å². The Morgan fingerprint density at radius 2 is 1.83 bits per heavy atom. The summed E-state index contributed by atoms with van der Waals surface area (Å²) < 4.78 is 11.2. The van der Waals surface area contributed by atoms with Crippen molar-refractivity contribution in [2.45, 2.75) is 37.1 Å². The van der Waals surface area contributed by atoms with Crippen molar-refractivity contribution >= 4 is 7.92 Å². The summed E-state index contributed by atoms with van der Waals surface area (Å²) in [5.74, 6) is 0.391. The number of hydrogen-bond acceptors (Lipinski definition) is 5. The Morgan fingerprint density at radius 1 is 1.13 bits per heavy atom. The van der Waals surface area contributed by atoms with E-state index in [1.165, 1.54) is 6.08 Å². The summed E-state index contributed by atoms with van der Waals surface area (Å²) in [7, 11) is -0.136. The summed E-state index contributed by atoms with van der Waals surface area (Å²) in [5, 5.41) is 30.2. The summed E-state index contributed by atoms with van der Waals surface area (Å²) in [6.45, 7) is 11.5. The lowest BCUT2D eigenvalue weighted by molar-refractivity contribution is -0.285. The molecule has 1 aliphatic rings. The molecule has 0 aromatic heterocycles. The van der Waals surface area contributed by atoms with Gasteiger partial charge in [0.25, 0.3) is 0 Å². The molecule has 3 N–H and O–H groups in total. The Labute approximate surface area is 139 Å². The van der Waals surface area contributed by atoms with Gasteiger partial charge in [-0.15, -0.1) is 7.92 Å². The molecule has 1 rings (SSSR count). The third-order valence-electron chi connectivity index (χ3n) is 3.49. The average molecular weight is 342 g/mol. The van der Waals surface area contributed by atoms with Crippen molar-refractivity contribution in [2.75, 3.05) is 19.5 Å². The van der Waals surface area contributed by atoms with E-state index < -0.39 is 30.7 Å². The van der Waals surface area contributed by atoms with Gasteiger partial charge in [-0.3, -0.25) is 0 Å². The van der Waals surface area contributed by atoms with Gasteiger partial charge >= 0.3 is 0 Å². The maximum atomic E-state index is 10.1. The van der Waals surface area contributed by atoms with E-state index in [9.17, 15) is 15.3 Å². The van der Waals surface area contributed by atoms with Crippen molar-refractivity contribution in [3.8, 4) is 0 Å². The van der Waals surface area contributed by atoms with E-state index in [1.807, 2.05) is 0 Å². The van der Waals surface area contributed by atoms with Crippen molar-refractivity contribution in [1.82, 2.24) is 0 Å². The summed E-state index contributed by atoms with van der Waals surface area (Å²) >= 11 is 0. The zero-order valence-corrected chi connectivity index (χ0v) is 14.6. The van der Waals surface area contributed by atoms with E-state index in [-0.39, 0.29) is 7.92 Å². The molecule has 0 aromatic carbocycles. The third-order valence-corrected chi connectivity index (χ3v) is 4.64. The van der Waals surface area contributed by atoms with Gasteiger partial charge in [0.2, 0.25) is 6.29 Å². The molecule has 5 atom stereocenters. The molecule has 5 nitrogen and oxygen atoms in total. The fraction of sp³-hybridized carbons (Fsp3) is 0.529. The van der Waals surface area contributed by atoms with Gasteiger partial charge < -0.3 is 24.8 Å². The molecule has 6 heteroatoms. The molecule has 0 aromatic rings. The second-order valence-corrected chi connectivity index (χ2v) is 8.22. The van der Waals surface area contributed by atoms with E-state index in [1.54, 1.807) is 24.3 Å². The Bertz CT molecular complexity index is 446. The molecule has 0 spiro atoms.